The van der Waals surface area contributed by atoms with Gasteiger partial charge in [-0.05, 0) is 64.9 Å². The molecular formula is C33H32F3N7O2. The molecule has 0 radical (unpaired) electrons. The summed E-state index contributed by atoms with van der Waals surface area (Å²) in [6.45, 7) is 4.49. The van der Waals surface area contributed by atoms with Crippen LogP contribution in [0.2, 0.25) is 0 Å². The first-order chi connectivity index (χ1) is 21.4. The minimum atomic E-state index is -4.67. The van der Waals surface area contributed by atoms with E-state index in [1.807, 2.05) is 19.1 Å². The van der Waals surface area contributed by atoms with E-state index in [2.05, 4.69) is 15.1 Å². The fraction of sp³-hybridized carbons (Fsp3) is 0.303. The average Bonchev–Trinajstić information content (AvgIpc) is 3.66. The lowest BCUT2D eigenvalue weighted by atomic mass is 9.87. The van der Waals surface area contributed by atoms with Gasteiger partial charge in [-0.3, -0.25) is 19.3 Å². The van der Waals surface area contributed by atoms with Crippen molar-refractivity contribution in [3.63, 3.8) is 0 Å². The molecule has 0 fully saturated rings. The van der Waals surface area contributed by atoms with Crippen LogP contribution in [-0.4, -0.2) is 54.6 Å². The second-order valence-corrected chi connectivity index (χ2v) is 11.4. The van der Waals surface area contributed by atoms with Crippen LogP contribution >= 0.6 is 0 Å². The van der Waals surface area contributed by atoms with Crippen LogP contribution in [0.1, 0.15) is 52.2 Å². The Morgan fingerprint density at radius 2 is 1.84 bits per heavy atom. The number of fused-ring (bicyclic) bond motifs is 2. The highest BCUT2D eigenvalue weighted by Gasteiger charge is 2.39. The Morgan fingerprint density at radius 1 is 1.07 bits per heavy atom. The lowest BCUT2D eigenvalue weighted by Crippen LogP contribution is -2.38. The number of benzene rings is 2. The molecule has 6 rings (SSSR count). The molecule has 0 N–H and O–H groups in total. The summed E-state index contributed by atoms with van der Waals surface area (Å²) in [5, 5.41) is 4.51. The molecule has 0 saturated heterocycles. The molecule has 0 bridgehead atoms. The zero-order chi connectivity index (χ0) is 32.0. The van der Waals surface area contributed by atoms with Crippen LogP contribution in [0, 0.1) is 0 Å². The Hall–Kier alpha value is -5.00. The van der Waals surface area contributed by atoms with Crippen molar-refractivity contribution in [1.82, 2.24) is 29.2 Å². The van der Waals surface area contributed by atoms with Crippen LogP contribution in [-0.2, 0) is 43.9 Å². The van der Waals surface area contributed by atoms with Gasteiger partial charge in [0.2, 0.25) is 5.91 Å². The second kappa shape index (κ2) is 11.5. The minimum absolute atomic E-state index is 0.0591. The SMILES string of the molecule is CCc1cc(CN(C)C(C)=O)c2nccc(N3CCc4c(cc(Cn5ccnc5)cc4-c4cn(C)nc4C(F)(F)F)C3=O)c2c1. The highest BCUT2D eigenvalue weighted by Crippen LogP contribution is 2.41. The molecule has 1 aliphatic rings. The third kappa shape index (κ3) is 5.67. The van der Waals surface area contributed by atoms with Gasteiger partial charge >= 0.3 is 6.18 Å². The number of hydrogen-bond acceptors (Lipinski definition) is 5. The quantitative estimate of drug-likeness (QED) is 0.236. The van der Waals surface area contributed by atoms with Crippen molar-refractivity contribution in [2.24, 2.45) is 7.05 Å². The molecule has 12 heteroatoms. The Morgan fingerprint density at radius 3 is 2.53 bits per heavy atom. The Kier molecular flexibility index (Phi) is 7.67. The predicted molar refractivity (Wildman–Crippen MR) is 164 cm³/mol. The van der Waals surface area contributed by atoms with Gasteiger partial charge in [-0.15, -0.1) is 0 Å². The normalized spacial score (nSPS) is 13.4. The van der Waals surface area contributed by atoms with Crippen molar-refractivity contribution in [1.29, 1.82) is 0 Å². The van der Waals surface area contributed by atoms with Gasteiger partial charge in [-0.1, -0.05) is 13.0 Å². The van der Waals surface area contributed by atoms with Gasteiger partial charge in [0.15, 0.2) is 5.69 Å². The standard InChI is InChI=1S/C33H32F3N7O2/c1-5-21-12-23(17-40(3)20(2)44)30-27(13-21)29(6-8-38-30)43-10-7-24-25(28-18-41(4)39-31(28)33(34,35)36)14-22(15-26(24)32(43)45)16-42-11-9-37-19-42/h6,8-9,11-15,18-19H,5,7,10,16-17H2,1-4H3. The Balaban J connectivity index is 1.50. The molecule has 2 aromatic carbocycles. The zero-order valence-electron chi connectivity index (χ0n) is 25.4. The Labute approximate surface area is 257 Å². The molecule has 2 amide bonds. The number of pyridine rings is 1. The minimum Gasteiger partial charge on any atom is -0.342 e. The van der Waals surface area contributed by atoms with Gasteiger partial charge in [0, 0.05) is 82.0 Å². The fourth-order valence-corrected chi connectivity index (χ4v) is 6.02. The fourth-order valence-electron chi connectivity index (χ4n) is 6.02. The summed E-state index contributed by atoms with van der Waals surface area (Å²) in [6, 6.07) is 9.34. The molecule has 3 aromatic heterocycles. The molecule has 0 unspecified atom stereocenters. The first-order valence-corrected chi connectivity index (χ1v) is 14.6. The summed E-state index contributed by atoms with van der Waals surface area (Å²) < 4.78 is 45.3. The number of nitrogens with zero attached hydrogens (tertiary/aromatic N) is 7. The van der Waals surface area contributed by atoms with E-state index in [1.165, 1.54) is 20.2 Å². The number of alkyl halides is 3. The highest BCUT2D eigenvalue weighted by atomic mass is 19.4. The molecular weight excluding hydrogens is 583 g/mol. The van der Waals surface area contributed by atoms with Crippen LogP contribution in [0.3, 0.4) is 0 Å². The van der Waals surface area contributed by atoms with E-state index < -0.39 is 11.9 Å². The average molecular weight is 616 g/mol. The van der Waals surface area contributed by atoms with E-state index in [9.17, 15) is 22.8 Å². The van der Waals surface area contributed by atoms with Crippen molar-refractivity contribution >= 4 is 28.4 Å². The van der Waals surface area contributed by atoms with Crippen molar-refractivity contribution in [3.8, 4) is 11.1 Å². The zero-order valence-corrected chi connectivity index (χ0v) is 25.4. The molecule has 45 heavy (non-hydrogen) atoms. The van der Waals surface area contributed by atoms with Gasteiger partial charge in [0.25, 0.3) is 5.91 Å². The summed E-state index contributed by atoms with van der Waals surface area (Å²) in [7, 11) is 3.18. The van der Waals surface area contributed by atoms with Crippen molar-refractivity contribution in [2.45, 2.75) is 46.0 Å². The first kappa shape index (κ1) is 30.0. The van der Waals surface area contributed by atoms with E-state index in [0.29, 0.717) is 53.0 Å². The molecule has 0 aliphatic carbocycles. The third-order valence-electron chi connectivity index (χ3n) is 8.29. The molecule has 0 atom stereocenters. The number of imidazole rings is 1. The maximum absolute atomic E-state index is 14.4. The van der Waals surface area contributed by atoms with Crippen LogP contribution < -0.4 is 4.90 Å². The number of carbonyl (C=O) groups is 2. The van der Waals surface area contributed by atoms with Crippen molar-refractivity contribution < 1.29 is 22.8 Å². The molecule has 1 aliphatic heterocycles. The van der Waals surface area contributed by atoms with E-state index in [1.54, 1.807) is 64.5 Å². The molecule has 0 saturated carbocycles. The van der Waals surface area contributed by atoms with Gasteiger partial charge in [0.05, 0.1) is 17.5 Å². The maximum Gasteiger partial charge on any atom is 0.435 e. The van der Waals surface area contributed by atoms with Crippen LogP contribution in [0.25, 0.3) is 22.0 Å². The third-order valence-corrected chi connectivity index (χ3v) is 8.29. The number of carbonyl (C=O) groups excluding carboxylic acids is 2. The summed E-state index contributed by atoms with van der Waals surface area (Å²) in [6.07, 6.45) is 4.42. The lowest BCUT2D eigenvalue weighted by molar-refractivity contribution is -0.141. The topological polar surface area (TPSA) is 89.2 Å². The van der Waals surface area contributed by atoms with Crippen LogP contribution in [0.4, 0.5) is 18.9 Å². The number of rotatable bonds is 7. The summed E-state index contributed by atoms with van der Waals surface area (Å²) in [5.41, 5.74) is 4.12. The van der Waals surface area contributed by atoms with Gasteiger partial charge in [0.1, 0.15) is 0 Å². The summed E-state index contributed by atoms with van der Waals surface area (Å²) in [4.78, 5) is 38.4. The summed E-state index contributed by atoms with van der Waals surface area (Å²) in [5.74, 6) is -0.382. The van der Waals surface area contributed by atoms with Crippen molar-refractivity contribution in [3.05, 3.63) is 95.0 Å². The number of halogens is 3. The van der Waals surface area contributed by atoms with Gasteiger partial charge in [-0.25, -0.2) is 4.98 Å². The number of amides is 2. The smallest absolute Gasteiger partial charge is 0.342 e. The Bertz CT molecular complexity index is 1930. The number of hydrogen-bond donors (Lipinski definition) is 0. The molecule has 4 heterocycles. The maximum atomic E-state index is 14.4. The van der Waals surface area contributed by atoms with Crippen LogP contribution in [0.5, 0.6) is 0 Å². The summed E-state index contributed by atoms with van der Waals surface area (Å²) >= 11 is 0. The number of aromatic nitrogens is 5. The van der Waals surface area contributed by atoms with E-state index in [-0.39, 0.29) is 23.9 Å². The monoisotopic (exact) mass is 615 g/mol. The van der Waals surface area contributed by atoms with Gasteiger partial charge < -0.3 is 14.4 Å². The van der Waals surface area contributed by atoms with Crippen molar-refractivity contribution in [2.75, 3.05) is 18.5 Å². The predicted octanol–water partition coefficient (Wildman–Crippen LogP) is 5.64. The van der Waals surface area contributed by atoms with E-state index in [0.717, 1.165) is 27.6 Å². The molecule has 0 spiro atoms. The van der Waals surface area contributed by atoms with E-state index >= 15 is 0 Å². The largest absolute Gasteiger partial charge is 0.435 e. The van der Waals surface area contributed by atoms with E-state index in [4.69, 9.17) is 0 Å². The first-order valence-electron chi connectivity index (χ1n) is 14.6. The van der Waals surface area contributed by atoms with Crippen LogP contribution in [0.15, 0.2) is 61.4 Å². The lowest BCUT2D eigenvalue weighted by Gasteiger charge is -2.31. The second-order valence-electron chi connectivity index (χ2n) is 11.4. The number of anilines is 1. The molecule has 232 valence electrons. The van der Waals surface area contributed by atoms with Gasteiger partial charge in [-0.2, -0.15) is 18.3 Å². The number of aryl methyl sites for hydroxylation is 2. The molecule has 5 aromatic rings. The molecule has 9 nitrogen and oxygen atoms in total. The highest BCUT2D eigenvalue weighted by molar-refractivity contribution is 6.13.